The van der Waals surface area contributed by atoms with Gasteiger partial charge < -0.3 is 11.1 Å². The van der Waals surface area contributed by atoms with Gasteiger partial charge in [-0.2, -0.15) is 0 Å². The van der Waals surface area contributed by atoms with Crippen LogP contribution in [0, 0.1) is 5.82 Å². The fourth-order valence-corrected chi connectivity index (χ4v) is 2.10. The van der Waals surface area contributed by atoms with E-state index in [2.05, 4.69) is 21.2 Å². The first kappa shape index (κ1) is 13.8. The molecule has 0 aliphatic carbocycles. The highest BCUT2D eigenvalue weighted by molar-refractivity contribution is 9.10. The van der Waals surface area contributed by atoms with Crippen molar-refractivity contribution in [3.05, 3.63) is 57.3 Å². The summed E-state index contributed by atoms with van der Waals surface area (Å²) in [5.74, 6) is -0.886. The maximum absolute atomic E-state index is 13.1. The van der Waals surface area contributed by atoms with Gasteiger partial charge in [0.15, 0.2) is 0 Å². The smallest absolute Gasteiger partial charge is 0.255 e. The van der Waals surface area contributed by atoms with Gasteiger partial charge in [0.2, 0.25) is 0 Å². The summed E-state index contributed by atoms with van der Waals surface area (Å²) in [6.07, 6.45) is 0. The van der Waals surface area contributed by atoms with Gasteiger partial charge in [-0.05, 0) is 52.3 Å². The molecule has 0 spiro atoms. The van der Waals surface area contributed by atoms with E-state index in [1.807, 2.05) is 0 Å². The van der Waals surface area contributed by atoms with Crippen LogP contribution in [0.25, 0.3) is 0 Å². The van der Waals surface area contributed by atoms with Crippen LogP contribution in [0.4, 0.5) is 15.8 Å². The zero-order valence-electron chi connectivity index (χ0n) is 9.58. The fraction of sp³-hybridized carbons (Fsp3) is 0. The number of carbonyl (C=O) groups is 1. The van der Waals surface area contributed by atoms with Crippen molar-refractivity contribution in [2.45, 2.75) is 0 Å². The Balaban J connectivity index is 2.22. The summed E-state index contributed by atoms with van der Waals surface area (Å²) in [6.45, 7) is 0. The molecule has 0 unspecified atom stereocenters. The van der Waals surface area contributed by atoms with Gasteiger partial charge in [0, 0.05) is 26.4 Å². The molecule has 1 amide bonds. The predicted molar refractivity (Wildman–Crippen MR) is 77.9 cm³/mol. The van der Waals surface area contributed by atoms with Gasteiger partial charge in [0.1, 0.15) is 5.82 Å². The highest BCUT2D eigenvalue weighted by Gasteiger charge is 2.09. The lowest BCUT2D eigenvalue weighted by molar-refractivity contribution is 0.102. The van der Waals surface area contributed by atoms with Crippen LogP contribution in [0.1, 0.15) is 10.4 Å². The Kier molecular flexibility index (Phi) is 4.07. The molecule has 2 rings (SSSR count). The summed E-state index contributed by atoms with van der Waals surface area (Å²) in [6, 6.07) is 8.60. The summed E-state index contributed by atoms with van der Waals surface area (Å²) in [5, 5.41) is 2.78. The molecule has 2 aromatic rings. The minimum atomic E-state index is -0.513. The average Bonchev–Trinajstić information content (AvgIpc) is 2.31. The second-order valence-corrected chi connectivity index (χ2v) is 5.14. The third-order valence-electron chi connectivity index (χ3n) is 2.38. The number of hydrogen-bond acceptors (Lipinski definition) is 2. The molecule has 0 aromatic heterocycles. The van der Waals surface area contributed by atoms with E-state index in [0.29, 0.717) is 21.4 Å². The highest BCUT2D eigenvalue weighted by Crippen LogP contribution is 2.22. The summed E-state index contributed by atoms with van der Waals surface area (Å²) < 4.78 is 13.8. The molecule has 0 atom stereocenters. The second-order valence-electron chi connectivity index (χ2n) is 3.85. The van der Waals surface area contributed by atoms with Crippen LogP contribution in [0.15, 0.2) is 40.9 Å². The van der Waals surface area contributed by atoms with Crippen molar-refractivity contribution in [2.24, 2.45) is 0 Å². The largest absolute Gasteiger partial charge is 0.398 e. The van der Waals surface area contributed by atoms with E-state index in [4.69, 9.17) is 17.3 Å². The summed E-state index contributed by atoms with van der Waals surface area (Å²) >= 11 is 8.95. The number of benzene rings is 2. The average molecular weight is 344 g/mol. The molecular formula is C13H9BrClFN2O. The Morgan fingerprint density at radius 2 is 2.00 bits per heavy atom. The van der Waals surface area contributed by atoms with Gasteiger partial charge in [0.05, 0.1) is 0 Å². The van der Waals surface area contributed by atoms with E-state index < -0.39 is 5.82 Å². The molecule has 0 heterocycles. The minimum absolute atomic E-state index is 0.216. The van der Waals surface area contributed by atoms with Gasteiger partial charge in [0.25, 0.3) is 5.91 Å². The van der Waals surface area contributed by atoms with Crippen molar-refractivity contribution < 1.29 is 9.18 Å². The van der Waals surface area contributed by atoms with Crippen molar-refractivity contribution in [2.75, 3.05) is 11.1 Å². The summed E-state index contributed by atoms with van der Waals surface area (Å²) in [5.41, 5.74) is 6.87. The number of anilines is 2. The quantitative estimate of drug-likeness (QED) is 0.807. The van der Waals surface area contributed by atoms with Gasteiger partial charge in [-0.25, -0.2) is 4.39 Å². The van der Waals surface area contributed by atoms with Crippen LogP contribution in [0.5, 0.6) is 0 Å². The number of nitrogens with two attached hydrogens (primary N) is 1. The molecule has 3 nitrogen and oxygen atoms in total. The van der Waals surface area contributed by atoms with Crippen LogP contribution >= 0.6 is 27.5 Å². The van der Waals surface area contributed by atoms with Gasteiger partial charge in [-0.15, -0.1) is 0 Å². The molecule has 0 saturated heterocycles. The van der Waals surface area contributed by atoms with Crippen molar-refractivity contribution in [3.63, 3.8) is 0 Å². The van der Waals surface area contributed by atoms with Crippen LogP contribution in [-0.4, -0.2) is 5.91 Å². The number of carbonyl (C=O) groups excluding carboxylic acids is 1. The molecule has 0 bridgehead atoms. The molecule has 0 aliphatic rings. The molecule has 98 valence electrons. The number of amides is 1. The summed E-state index contributed by atoms with van der Waals surface area (Å²) in [4.78, 5) is 12.0. The third-order valence-corrected chi connectivity index (χ3v) is 3.29. The zero-order chi connectivity index (χ0) is 14.0. The van der Waals surface area contributed by atoms with Crippen molar-refractivity contribution in [3.8, 4) is 0 Å². The molecule has 0 radical (unpaired) electrons. The van der Waals surface area contributed by atoms with Gasteiger partial charge in [-0.3, -0.25) is 4.79 Å². The van der Waals surface area contributed by atoms with E-state index in [9.17, 15) is 9.18 Å². The monoisotopic (exact) mass is 342 g/mol. The van der Waals surface area contributed by atoms with E-state index in [0.717, 1.165) is 6.07 Å². The first-order valence-electron chi connectivity index (χ1n) is 5.28. The number of halogens is 3. The number of nitrogens with one attached hydrogen (secondary N) is 1. The van der Waals surface area contributed by atoms with E-state index in [-0.39, 0.29) is 10.9 Å². The molecule has 0 saturated carbocycles. The number of rotatable bonds is 2. The molecular weight excluding hydrogens is 335 g/mol. The van der Waals surface area contributed by atoms with Crippen molar-refractivity contribution >= 4 is 44.8 Å². The maximum atomic E-state index is 13.1. The first-order chi connectivity index (χ1) is 8.95. The maximum Gasteiger partial charge on any atom is 0.255 e. The standard InChI is InChI=1S/C13H9BrClFN2O/c14-11-3-7(1-2-12(11)17)13(19)18-10-5-8(15)4-9(16)6-10/h1-6H,17H2,(H,18,19). The number of hydrogen-bond donors (Lipinski definition) is 2. The Bertz CT molecular complexity index is 628. The fourth-order valence-electron chi connectivity index (χ4n) is 1.50. The van der Waals surface area contributed by atoms with Gasteiger partial charge >= 0.3 is 0 Å². The lowest BCUT2D eigenvalue weighted by Gasteiger charge is -2.07. The van der Waals surface area contributed by atoms with Crippen LogP contribution < -0.4 is 11.1 Å². The minimum Gasteiger partial charge on any atom is -0.398 e. The van der Waals surface area contributed by atoms with Crippen LogP contribution in [0.2, 0.25) is 5.02 Å². The lowest BCUT2D eigenvalue weighted by atomic mass is 10.2. The van der Waals surface area contributed by atoms with Crippen molar-refractivity contribution in [1.29, 1.82) is 0 Å². The summed E-state index contributed by atoms with van der Waals surface area (Å²) in [7, 11) is 0. The SMILES string of the molecule is Nc1ccc(C(=O)Nc2cc(F)cc(Cl)c2)cc1Br. The molecule has 2 aromatic carbocycles. The van der Waals surface area contributed by atoms with Crippen LogP contribution in [0.3, 0.4) is 0 Å². The lowest BCUT2D eigenvalue weighted by Crippen LogP contribution is -2.12. The van der Waals surface area contributed by atoms with E-state index >= 15 is 0 Å². The Hall–Kier alpha value is -1.59. The highest BCUT2D eigenvalue weighted by atomic mass is 79.9. The zero-order valence-corrected chi connectivity index (χ0v) is 11.9. The molecule has 19 heavy (non-hydrogen) atoms. The molecule has 0 fully saturated rings. The Labute approximate surface area is 122 Å². The molecule has 0 aliphatic heterocycles. The predicted octanol–water partition coefficient (Wildman–Crippen LogP) is 4.08. The van der Waals surface area contributed by atoms with E-state index in [1.54, 1.807) is 18.2 Å². The Morgan fingerprint density at radius 3 is 2.63 bits per heavy atom. The van der Waals surface area contributed by atoms with Crippen molar-refractivity contribution in [1.82, 2.24) is 0 Å². The first-order valence-corrected chi connectivity index (χ1v) is 6.45. The normalized spacial score (nSPS) is 10.3. The third kappa shape index (κ3) is 3.45. The topological polar surface area (TPSA) is 55.1 Å². The Morgan fingerprint density at radius 1 is 1.26 bits per heavy atom. The van der Waals surface area contributed by atoms with E-state index in [1.165, 1.54) is 12.1 Å². The molecule has 3 N–H and O–H groups in total. The molecule has 6 heteroatoms. The number of nitrogen functional groups attached to an aromatic ring is 1. The van der Waals surface area contributed by atoms with Crippen LogP contribution in [-0.2, 0) is 0 Å². The van der Waals surface area contributed by atoms with Gasteiger partial charge in [-0.1, -0.05) is 11.6 Å². The second kappa shape index (κ2) is 5.59.